The number of thioether (sulfide) groups is 1. The van der Waals surface area contributed by atoms with Gasteiger partial charge in [0.2, 0.25) is 0 Å². The van der Waals surface area contributed by atoms with Crippen molar-refractivity contribution in [2.75, 3.05) is 7.11 Å². The maximum absolute atomic E-state index is 13.1. The van der Waals surface area contributed by atoms with E-state index >= 15 is 0 Å². The largest absolute Gasteiger partial charge is 0.497 e. The molecule has 0 unspecified atom stereocenters. The molecule has 194 valence electrons. The summed E-state index contributed by atoms with van der Waals surface area (Å²) in [6.07, 6.45) is 7.49. The van der Waals surface area contributed by atoms with E-state index in [1.165, 1.54) is 24.8 Å². The van der Waals surface area contributed by atoms with Crippen LogP contribution in [0.15, 0.2) is 53.7 Å². The summed E-state index contributed by atoms with van der Waals surface area (Å²) in [4.78, 5) is 13.1. The van der Waals surface area contributed by atoms with Crippen LogP contribution in [0.1, 0.15) is 55.5 Å². The topological polar surface area (TPSA) is 81.1 Å². The molecule has 2 aromatic carbocycles. The minimum Gasteiger partial charge on any atom is -0.497 e. The van der Waals surface area contributed by atoms with Crippen LogP contribution in [0.2, 0.25) is 0 Å². The smallest absolute Gasteiger partial charge is 0.315 e. The second-order valence-corrected chi connectivity index (χ2v) is 12.2. The number of methoxy groups -OCH3 is 1. The standard InChI is InChI=1S/C29H35N5O2S/c1-19-6-8-24(9-7-19)34-26(32-33-28(34)37-18-20-4-3-5-25(13-20)36-2)17-30-27(35)31-29-14-21-10-22(15-29)12-23(11-21)16-29/h3-9,13,21-23H,10-12,14-18H2,1-2H3,(H2,30,31,35). The fourth-order valence-electron chi connectivity index (χ4n) is 7.08. The Kier molecular flexibility index (Phi) is 6.61. The van der Waals surface area contributed by atoms with E-state index in [0.29, 0.717) is 6.54 Å². The molecule has 1 aromatic heterocycles. The van der Waals surface area contributed by atoms with Crippen molar-refractivity contribution in [3.05, 3.63) is 65.5 Å². The Morgan fingerprint density at radius 3 is 2.43 bits per heavy atom. The predicted octanol–water partition coefficient (Wildman–Crippen LogP) is 5.64. The summed E-state index contributed by atoms with van der Waals surface area (Å²) in [5, 5.41) is 16.3. The first kappa shape index (κ1) is 24.3. The average Bonchev–Trinajstić information content (AvgIpc) is 3.28. The van der Waals surface area contributed by atoms with Gasteiger partial charge in [-0.3, -0.25) is 4.57 Å². The molecule has 4 bridgehead atoms. The van der Waals surface area contributed by atoms with Gasteiger partial charge in [-0.05, 0) is 93.0 Å². The van der Waals surface area contributed by atoms with E-state index < -0.39 is 0 Å². The van der Waals surface area contributed by atoms with Gasteiger partial charge in [0, 0.05) is 17.0 Å². The summed E-state index contributed by atoms with van der Waals surface area (Å²) in [6, 6.07) is 16.3. The molecule has 37 heavy (non-hydrogen) atoms. The molecule has 4 fully saturated rings. The van der Waals surface area contributed by atoms with E-state index in [9.17, 15) is 4.79 Å². The third-order valence-electron chi connectivity index (χ3n) is 8.32. The fourth-order valence-corrected chi connectivity index (χ4v) is 7.99. The number of rotatable bonds is 8. The molecular weight excluding hydrogens is 482 g/mol. The molecule has 0 radical (unpaired) electrons. The van der Waals surface area contributed by atoms with Crippen LogP contribution in [0.5, 0.6) is 5.75 Å². The van der Waals surface area contributed by atoms with E-state index in [-0.39, 0.29) is 11.6 Å². The zero-order chi connectivity index (χ0) is 25.4. The van der Waals surface area contributed by atoms with Gasteiger partial charge in [0.25, 0.3) is 0 Å². The van der Waals surface area contributed by atoms with Crippen molar-refractivity contribution in [1.82, 2.24) is 25.4 Å². The van der Waals surface area contributed by atoms with Crippen LogP contribution in [0.4, 0.5) is 4.79 Å². The van der Waals surface area contributed by atoms with Crippen molar-refractivity contribution < 1.29 is 9.53 Å². The quantitative estimate of drug-likeness (QED) is 0.378. The van der Waals surface area contributed by atoms with Crippen LogP contribution in [0.25, 0.3) is 5.69 Å². The van der Waals surface area contributed by atoms with Crippen LogP contribution < -0.4 is 15.4 Å². The molecule has 4 aliphatic rings. The van der Waals surface area contributed by atoms with Crippen LogP contribution in [-0.2, 0) is 12.3 Å². The molecule has 1 heterocycles. The minimum absolute atomic E-state index is 0.0127. The van der Waals surface area contributed by atoms with E-state index in [1.807, 2.05) is 18.2 Å². The van der Waals surface area contributed by atoms with Crippen molar-refractivity contribution in [2.24, 2.45) is 17.8 Å². The number of benzene rings is 2. The lowest BCUT2D eigenvalue weighted by molar-refractivity contribution is -0.0135. The molecule has 0 spiro atoms. The lowest BCUT2D eigenvalue weighted by Crippen LogP contribution is -2.61. The van der Waals surface area contributed by atoms with E-state index in [0.717, 1.165) is 70.8 Å². The van der Waals surface area contributed by atoms with Gasteiger partial charge in [0.05, 0.1) is 13.7 Å². The molecule has 8 heteroatoms. The number of ether oxygens (including phenoxy) is 1. The third kappa shape index (κ3) is 5.21. The fraction of sp³-hybridized carbons (Fsp3) is 0.483. The molecule has 7 nitrogen and oxygen atoms in total. The zero-order valence-electron chi connectivity index (χ0n) is 21.6. The Balaban J connectivity index is 1.17. The molecule has 0 atom stereocenters. The highest BCUT2D eigenvalue weighted by molar-refractivity contribution is 7.98. The van der Waals surface area contributed by atoms with Crippen LogP contribution in [0.3, 0.4) is 0 Å². The van der Waals surface area contributed by atoms with Gasteiger partial charge in [0.15, 0.2) is 11.0 Å². The molecule has 7 rings (SSSR count). The van der Waals surface area contributed by atoms with Gasteiger partial charge in [-0.15, -0.1) is 10.2 Å². The van der Waals surface area contributed by atoms with E-state index in [2.05, 4.69) is 62.7 Å². The molecule has 4 aliphatic carbocycles. The van der Waals surface area contributed by atoms with E-state index in [4.69, 9.17) is 4.74 Å². The minimum atomic E-state index is -0.0917. The number of nitrogens with zero attached hydrogens (tertiary/aromatic N) is 3. The molecule has 4 saturated carbocycles. The molecule has 2 amide bonds. The number of carbonyl (C=O) groups excluding carboxylic acids is 1. The maximum atomic E-state index is 13.1. The number of nitrogens with one attached hydrogen (secondary N) is 2. The van der Waals surface area contributed by atoms with Gasteiger partial charge in [-0.2, -0.15) is 0 Å². The monoisotopic (exact) mass is 517 g/mol. The second-order valence-electron chi connectivity index (χ2n) is 11.2. The third-order valence-corrected chi connectivity index (χ3v) is 9.32. The normalized spacial score (nSPS) is 25.7. The second kappa shape index (κ2) is 10.0. The Morgan fingerprint density at radius 1 is 1.05 bits per heavy atom. The SMILES string of the molecule is COc1cccc(CSc2nnc(CNC(=O)NC34CC5CC(CC(C5)C3)C4)n2-c2ccc(C)cc2)c1. The molecule has 3 aromatic rings. The van der Waals surface area contributed by atoms with Gasteiger partial charge >= 0.3 is 6.03 Å². The molecule has 0 aliphatic heterocycles. The first-order chi connectivity index (χ1) is 18.0. The lowest BCUT2D eigenvalue weighted by Gasteiger charge is -2.56. The van der Waals surface area contributed by atoms with Crippen molar-refractivity contribution in [3.8, 4) is 11.4 Å². The Labute approximate surface area is 222 Å². The summed E-state index contributed by atoms with van der Waals surface area (Å²) in [6.45, 7) is 2.39. The number of urea groups is 1. The van der Waals surface area contributed by atoms with Crippen molar-refractivity contribution >= 4 is 17.8 Å². The first-order valence-corrected chi connectivity index (χ1v) is 14.3. The van der Waals surface area contributed by atoms with E-state index in [1.54, 1.807) is 18.9 Å². The van der Waals surface area contributed by atoms with Crippen molar-refractivity contribution in [1.29, 1.82) is 0 Å². The lowest BCUT2D eigenvalue weighted by atomic mass is 9.53. The number of hydrogen-bond donors (Lipinski definition) is 2. The molecular formula is C29H35N5O2S. The van der Waals surface area contributed by atoms with Crippen molar-refractivity contribution in [2.45, 2.75) is 68.4 Å². The van der Waals surface area contributed by atoms with Crippen LogP contribution in [0, 0.1) is 24.7 Å². The van der Waals surface area contributed by atoms with Gasteiger partial charge in [-0.1, -0.05) is 41.6 Å². The van der Waals surface area contributed by atoms with Gasteiger partial charge in [0.1, 0.15) is 5.75 Å². The number of aryl methyl sites for hydroxylation is 1. The van der Waals surface area contributed by atoms with Crippen LogP contribution in [-0.4, -0.2) is 33.4 Å². The maximum Gasteiger partial charge on any atom is 0.315 e. The summed E-state index contributed by atoms with van der Waals surface area (Å²) >= 11 is 1.62. The number of carbonyl (C=O) groups is 1. The Hall–Kier alpha value is -3.00. The highest BCUT2D eigenvalue weighted by Crippen LogP contribution is 2.55. The summed E-state index contributed by atoms with van der Waals surface area (Å²) < 4.78 is 7.42. The average molecular weight is 518 g/mol. The first-order valence-electron chi connectivity index (χ1n) is 13.3. The number of amides is 2. The zero-order valence-corrected chi connectivity index (χ0v) is 22.4. The highest BCUT2D eigenvalue weighted by atomic mass is 32.2. The summed E-state index contributed by atoms with van der Waals surface area (Å²) in [5.74, 6) is 4.67. The Morgan fingerprint density at radius 2 is 1.76 bits per heavy atom. The Bertz CT molecular complexity index is 1240. The molecule has 0 saturated heterocycles. The summed E-state index contributed by atoms with van der Waals surface area (Å²) in [7, 11) is 1.68. The van der Waals surface area contributed by atoms with Crippen molar-refractivity contribution in [3.63, 3.8) is 0 Å². The molecule has 2 N–H and O–H groups in total. The summed E-state index contributed by atoms with van der Waals surface area (Å²) in [5.41, 5.74) is 3.32. The highest BCUT2D eigenvalue weighted by Gasteiger charge is 2.51. The predicted molar refractivity (Wildman–Crippen MR) is 145 cm³/mol. The van der Waals surface area contributed by atoms with Crippen LogP contribution >= 0.6 is 11.8 Å². The number of hydrogen-bond acceptors (Lipinski definition) is 5. The van der Waals surface area contributed by atoms with Gasteiger partial charge in [-0.25, -0.2) is 4.79 Å². The number of aromatic nitrogens is 3. The van der Waals surface area contributed by atoms with Gasteiger partial charge < -0.3 is 15.4 Å².